The number of amides is 1. The Morgan fingerprint density at radius 1 is 1.30 bits per heavy atom. The normalized spacial score (nSPS) is 10.2. The molecule has 0 atom stereocenters. The number of hydrogen-bond donors (Lipinski definition) is 2. The number of anilines is 1. The lowest BCUT2D eigenvalue weighted by Crippen LogP contribution is -2.27. The zero-order valence-corrected chi connectivity index (χ0v) is 13.9. The predicted molar refractivity (Wildman–Crippen MR) is 93.2 cm³/mol. The number of hydrogen-bond acceptors (Lipinski definition) is 4. The van der Waals surface area contributed by atoms with Crippen molar-refractivity contribution < 1.29 is 4.79 Å². The minimum Gasteiger partial charge on any atom is -0.351 e. The highest BCUT2D eigenvalue weighted by atomic mass is 35.5. The van der Waals surface area contributed by atoms with Crippen LogP contribution in [-0.4, -0.2) is 29.0 Å². The number of nitrogens with zero attached hydrogens (tertiary/aromatic N) is 2. The van der Waals surface area contributed by atoms with Gasteiger partial charge in [-0.2, -0.15) is 0 Å². The minimum absolute atomic E-state index is 0.265. The summed E-state index contributed by atoms with van der Waals surface area (Å²) < 4.78 is 0. The van der Waals surface area contributed by atoms with E-state index in [-0.39, 0.29) is 5.91 Å². The third-order valence-electron chi connectivity index (χ3n) is 2.99. The molecule has 0 spiro atoms. The van der Waals surface area contributed by atoms with Gasteiger partial charge < -0.3 is 10.6 Å². The molecule has 0 aliphatic carbocycles. The summed E-state index contributed by atoms with van der Waals surface area (Å²) in [6, 6.07) is 6.86. The van der Waals surface area contributed by atoms with Crippen molar-refractivity contribution in [3.05, 3.63) is 64.4 Å². The average molecular weight is 351 g/mol. The summed E-state index contributed by atoms with van der Waals surface area (Å²) in [6.45, 7) is 4.57. The standard InChI is InChI=1S/C16H16Cl2N4O/c1-2-7-20-16-21-9-6-14(22-16)15(23)19-8-5-11-3-4-12(17)10-13(11)18/h2-4,6,9-10H,1,5,7-8H2,(H,19,23)(H,20,21,22). The summed E-state index contributed by atoms with van der Waals surface area (Å²) in [5.74, 6) is 0.123. The molecule has 0 aliphatic rings. The van der Waals surface area contributed by atoms with Crippen LogP contribution in [0.5, 0.6) is 0 Å². The second kappa shape index (κ2) is 8.50. The number of benzene rings is 1. The van der Waals surface area contributed by atoms with Crippen molar-refractivity contribution in [2.45, 2.75) is 6.42 Å². The lowest BCUT2D eigenvalue weighted by molar-refractivity contribution is 0.0949. The fourth-order valence-electron chi connectivity index (χ4n) is 1.86. The number of aromatic nitrogens is 2. The molecular weight excluding hydrogens is 335 g/mol. The molecule has 2 rings (SSSR count). The van der Waals surface area contributed by atoms with Gasteiger partial charge in [0, 0.05) is 29.3 Å². The molecule has 1 heterocycles. The highest BCUT2D eigenvalue weighted by molar-refractivity contribution is 6.35. The van der Waals surface area contributed by atoms with E-state index in [1.54, 1.807) is 24.3 Å². The fraction of sp³-hybridized carbons (Fsp3) is 0.188. The average Bonchev–Trinajstić information content (AvgIpc) is 2.55. The highest BCUT2D eigenvalue weighted by Crippen LogP contribution is 2.21. The maximum atomic E-state index is 12.1. The van der Waals surface area contributed by atoms with Gasteiger partial charge in [-0.15, -0.1) is 6.58 Å². The van der Waals surface area contributed by atoms with Crippen LogP contribution < -0.4 is 10.6 Å². The van der Waals surface area contributed by atoms with E-state index in [0.717, 1.165) is 5.56 Å². The SMILES string of the molecule is C=CCNc1nccc(C(=O)NCCc2ccc(Cl)cc2Cl)n1. The molecule has 1 amide bonds. The van der Waals surface area contributed by atoms with Crippen molar-refractivity contribution >= 4 is 35.1 Å². The highest BCUT2D eigenvalue weighted by Gasteiger charge is 2.09. The summed E-state index contributed by atoms with van der Waals surface area (Å²) in [5.41, 5.74) is 1.22. The van der Waals surface area contributed by atoms with Gasteiger partial charge in [0.25, 0.3) is 5.91 Å². The van der Waals surface area contributed by atoms with E-state index in [1.165, 1.54) is 6.20 Å². The van der Waals surface area contributed by atoms with E-state index >= 15 is 0 Å². The molecular formula is C16H16Cl2N4O. The Morgan fingerprint density at radius 3 is 2.87 bits per heavy atom. The van der Waals surface area contributed by atoms with E-state index in [9.17, 15) is 4.79 Å². The van der Waals surface area contributed by atoms with Gasteiger partial charge in [-0.05, 0) is 30.2 Å². The largest absolute Gasteiger partial charge is 0.351 e. The van der Waals surface area contributed by atoms with E-state index in [0.29, 0.717) is 41.2 Å². The molecule has 1 aromatic heterocycles. The van der Waals surface area contributed by atoms with Crippen LogP contribution in [0.15, 0.2) is 43.1 Å². The zero-order valence-electron chi connectivity index (χ0n) is 12.4. The number of carbonyl (C=O) groups excluding carboxylic acids is 1. The summed E-state index contributed by atoms with van der Waals surface area (Å²) in [7, 11) is 0. The molecule has 1 aromatic carbocycles. The van der Waals surface area contributed by atoms with Crippen LogP contribution in [0.1, 0.15) is 16.1 Å². The maximum Gasteiger partial charge on any atom is 0.270 e. The van der Waals surface area contributed by atoms with Crippen LogP contribution >= 0.6 is 23.2 Å². The quantitative estimate of drug-likeness (QED) is 0.751. The van der Waals surface area contributed by atoms with Crippen LogP contribution in [0, 0.1) is 0 Å². The summed E-state index contributed by atoms with van der Waals surface area (Å²) >= 11 is 11.9. The van der Waals surface area contributed by atoms with E-state index in [2.05, 4.69) is 27.2 Å². The molecule has 0 bridgehead atoms. The van der Waals surface area contributed by atoms with Crippen LogP contribution in [0.3, 0.4) is 0 Å². The molecule has 7 heteroatoms. The van der Waals surface area contributed by atoms with Gasteiger partial charge >= 0.3 is 0 Å². The molecule has 0 saturated heterocycles. The third-order valence-corrected chi connectivity index (χ3v) is 3.57. The van der Waals surface area contributed by atoms with Crippen molar-refractivity contribution in [2.24, 2.45) is 0 Å². The lowest BCUT2D eigenvalue weighted by Gasteiger charge is -2.08. The molecule has 0 radical (unpaired) electrons. The van der Waals surface area contributed by atoms with Crippen molar-refractivity contribution in [2.75, 3.05) is 18.4 Å². The number of rotatable bonds is 7. The Bertz CT molecular complexity index is 706. The lowest BCUT2D eigenvalue weighted by atomic mass is 10.1. The van der Waals surface area contributed by atoms with Gasteiger partial charge in [0.15, 0.2) is 0 Å². The Kier molecular flexibility index (Phi) is 6.38. The van der Waals surface area contributed by atoms with E-state index < -0.39 is 0 Å². The molecule has 5 nitrogen and oxygen atoms in total. The third kappa shape index (κ3) is 5.23. The first-order valence-corrected chi connectivity index (χ1v) is 7.75. The van der Waals surface area contributed by atoms with Crippen LogP contribution in [-0.2, 0) is 6.42 Å². The number of halogens is 2. The fourth-order valence-corrected chi connectivity index (χ4v) is 2.36. The Labute approximate surface area is 144 Å². The number of nitrogens with one attached hydrogen (secondary N) is 2. The topological polar surface area (TPSA) is 66.9 Å². The molecule has 23 heavy (non-hydrogen) atoms. The van der Waals surface area contributed by atoms with E-state index in [1.807, 2.05) is 6.07 Å². The smallest absolute Gasteiger partial charge is 0.270 e. The van der Waals surface area contributed by atoms with Crippen molar-refractivity contribution in [3.8, 4) is 0 Å². The van der Waals surface area contributed by atoms with Crippen molar-refractivity contribution in [1.82, 2.24) is 15.3 Å². The molecule has 0 saturated carbocycles. The van der Waals surface area contributed by atoms with Gasteiger partial charge in [-0.1, -0.05) is 35.3 Å². The summed E-state index contributed by atoms with van der Waals surface area (Å²) in [5, 5.41) is 6.91. The van der Waals surface area contributed by atoms with Crippen molar-refractivity contribution in [3.63, 3.8) is 0 Å². The van der Waals surface area contributed by atoms with Crippen LogP contribution in [0.25, 0.3) is 0 Å². The van der Waals surface area contributed by atoms with Gasteiger partial charge in [-0.3, -0.25) is 4.79 Å². The summed E-state index contributed by atoms with van der Waals surface area (Å²) in [6.07, 6.45) is 3.82. The first-order valence-electron chi connectivity index (χ1n) is 7.00. The van der Waals surface area contributed by atoms with Gasteiger partial charge in [0.2, 0.25) is 5.95 Å². The van der Waals surface area contributed by atoms with Crippen molar-refractivity contribution in [1.29, 1.82) is 0 Å². The molecule has 0 unspecified atom stereocenters. The molecule has 120 valence electrons. The first-order chi connectivity index (χ1) is 11.1. The molecule has 2 N–H and O–H groups in total. The molecule has 0 fully saturated rings. The predicted octanol–water partition coefficient (Wildman–Crippen LogP) is 3.35. The molecule has 0 aliphatic heterocycles. The Hall–Kier alpha value is -2.11. The Morgan fingerprint density at radius 2 is 2.13 bits per heavy atom. The van der Waals surface area contributed by atoms with Crippen LogP contribution in [0.2, 0.25) is 10.0 Å². The van der Waals surface area contributed by atoms with Gasteiger partial charge in [0.05, 0.1) is 0 Å². The summed E-state index contributed by atoms with van der Waals surface area (Å²) in [4.78, 5) is 20.3. The second-order valence-corrected chi connectivity index (χ2v) is 5.52. The van der Waals surface area contributed by atoms with Gasteiger partial charge in [-0.25, -0.2) is 9.97 Å². The van der Waals surface area contributed by atoms with Crippen LogP contribution in [0.4, 0.5) is 5.95 Å². The monoisotopic (exact) mass is 350 g/mol. The van der Waals surface area contributed by atoms with Gasteiger partial charge in [0.1, 0.15) is 5.69 Å². The zero-order chi connectivity index (χ0) is 16.7. The Balaban J connectivity index is 1.90. The second-order valence-electron chi connectivity index (χ2n) is 4.68. The number of carbonyl (C=O) groups is 1. The first kappa shape index (κ1) is 17.2. The molecule has 2 aromatic rings. The maximum absolute atomic E-state index is 12.1. The van der Waals surface area contributed by atoms with E-state index in [4.69, 9.17) is 23.2 Å². The minimum atomic E-state index is -0.265.